The Labute approximate surface area is 87.5 Å². The molecule has 1 spiro atoms. The van der Waals surface area contributed by atoms with E-state index in [1.807, 2.05) is 13.8 Å². The predicted molar refractivity (Wildman–Crippen MR) is 49.0 cm³/mol. The first-order chi connectivity index (χ1) is 6.48. The van der Waals surface area contributed by atoms with Gasteiger partial charge in [-0.05, 0) is 6.92 Å². The Kier molecular flexibility index (Phi) is 2.07. The van der Waals surface area contributed by atoms with Gasteiger partial charge in [-0.2, -0.15) is 0 Å². The van der Waals surface area contributed by atoms with E-state index in [-0.39, 0.29) is 12.0 Å². The smallest absolute Gasteiger partial charge is 0.357 e. The van der Waals surface area contributed by atoms with Gasteiger partial charge in [-0.25, -0.2) is 4.79 Å². The van der Waals surface area contributed by atoms with Gasteiger partial charge in [0.2, 0.25) is 0 Å². The summed E-state index contributed by atoms with van der Waals surface area (Å²) in [4.78, 5) is 11.4. The fraction of sp³-hybridized carbons (Fsp3) is 0.889. The number of methoxy groups -OCH3 is 1. The van der Waals surface area contributed by atoms with Gasteiger partial charge >= 0.3 is 5.97 Å². The first-order valence-corrected chi connectivity index (χ1v) is 4.95. The largest absolute Gasteiger partial charge is 0.466 e. The van der Waals surface area contributed by atoms with Crippen molar-refractivity contribution in [3.05, 3.63) is 0 Å². The maximum absolute atomic E-state index is 11.4. The monoisotopic (exact) mass is 220 g/mol. The van der Waals surface area contributed by atoms with E-state index in [1.54, 1.807) is 0 Å². The summed E-state index contributed by atoms with van der Waals surface area (Å²) in [5.74, 6) is -0.442. The fourth-order valence-corrected chi connectivity index (χ4v) is 2.43. The van der Waals surface area contributed by atoms with Gasteiger partial charge in [0.1, 0.15) is 0 Å². The van der Waals surface area contributed by atoms with Gasteiger partial charge in [0.25, 0.3) is 5.06 Å². The molecule has 0 aromatic rings. The average molecular weight is 221 g/mol. The second-order valence-corrected chi connectivity index (χ2v) is 4.42. The van der Waals surface area contributed by atoms with Crippen molar-refractivity contribution >= 4 is 17.6 Å². The van der Waals surface area contributed by atoms with Crippen LogP contribution in [0.4, 0.5) is 0 Å². The van der Waals surface area contributed by atoms with Crippen molar-refractivity contribution in [2.75, 3.05) is 13.7 Å². The molecule has 0 aromatic carbocycles. The Morgan fingerprint density at radius 1 is 1.57 bits per heavy atom. The van der Waals surface area contributed by atoms with Crippen LogP contribution in [0, 0.1) is 5.92 Å². The highest BCUT2D eigenvalue weighted by Gasteiger charge is 2.80. The molecule has 5 heteroatoms. The molecule has 2 aliphatic rings. The summed E-state index contributed by atoms with van der Waals surface area (Å²) in [6, 6.07) is 0. The summed E-state index contributed by atoms with van der Waals surface area (Å²) in [7, 11) is 1.30. The number of halogens is 1. The molecule has 2 aliphatic heterocycles. The first-order valence-electron chi connectivity index (χ1n) is 4.57. The molecule has 0 aromatic heterocycles. The molecule has 80 valence electrons. The number of alkyl halides is 1. The highest BCUT2D eigenvalue weighted by atomic mass is 35.5. The molecule has 4 nitrogen and oxygen atoms in total. The van der Waals surface area contributed by atoms with Crippen molar-refractivity contribution in [2.45, 2.75) is 30.6 Å². The second-order valence-electron chi connectivity index (χ2n) is 3.88. The van der Waals surface area contributed by atoms with E-state index < -0.39 is 16.6 Å². The van der Waals surface area contributed by atoms with E-state index in [9.17, 15) is 4.79 Å². The van der Waals surface area contributed by atoms with Crippen molar-refractivity contribution in [1.29, 1.82) is 0 Å². The summed E-state index contributed by atoms with van der Waals surface area (Å²) in [6.45, 7) is 4.26. The summed E-state index contributed by atoms with van der Waals surface area (Å²) >= 11 is 6.04. The van der Waals surface area contributed by atoms with E-state index in [0.29, 0.717) is 6.61 Å². The summed E-state index contributed by atoms with van der Waals surface area (Å²) in [5, 5.41) is -1.33. The lowest BCUT2D eigenvalue weighted by molar-refractivity contribution is -0.143. The number of hydrogen-bond acceptors (Lipinski definition) is 4. The lowest BCUT2D eigenvalue weighted by Crippen LogP contribution is -2.35. The Hall–Kier alpha value is -0.320. The minimum atomic E-state index is -1.33. The Balaban J connectivity index is 2.20. The topological polar surface area (TPSA) is 48.1 Å². The number of ether oxygens (including phenoxy) is 3. The molecule has 0 radical (unpaired) electrons. The predicted octanol–water partition coefficient (Wildman–Crippen LogP) is 0.918. The van der Waals surface area contributed by atoms with E-state index in [1.165, 1.54) is 7.11 Å². The van der Waals surface area contributed by atoms with Gasteiger partial charge in [-0.15, -0.1) is 0 Å². The van der Waals surface area contributed by atoms with E-state index in [2.05, 4.69) is 4.74 Å². The minimum absolute atomic E-state index is 0.0558. The molecular formula is C9H13ClO4. The minimum Gasteiger partial charge on any atom is -0.466 e. The Bertz CT molecular complexity index is 282. The summed E-state index contributed by atoms with van der Waals surface area (Å²) in [6.07, 6.45) is 0.0558. The normalized spacial score (nSPS) is 50.9. The lowest BCUT2D eigenvalue weighted by Gasteiger charge is -2.12. The van der Waals surface area contributed by atoms with Crippen LogP contribution in [-0.4, -0.2) is 36.5 Å². The average Bonchev–Trinajstić information content (AvgIpc) is 2.71. The third kappa shape index (κ3) is 0.990. The van der Waals surface area contributed by atoms with Gasteiger partial charge in [-0.1, -0.05) is 18.5 Å². The molecule has 0 saturated carbocycles. The Morgan fingerprint density at radius 2 is 2.21 bits per heavy atom. The molecule has 0 bridgehead atoms. The van der Waals surface area contributed by atoms with Crippen molar-refractivity contribution in [2.24, 2.45) is 5.92 Å². The van der Waals surface area contributed by atoms with Crippen LogP contribution in [-0.2, 0) is 19.0 Å². The zero-order chi connectivity index (χ0) is 10.6. The van der Waals surface area contributed by atoms with E-state index in [4.69, 9.17) is 21.1 Å². The summed E-state index contributed by atoms with van der Waals surface area (Å²) in [5.41, 5.74) is -0.679. The lowest BCUT2D eigenvalue weighted by atomic mass is 9.90. The third-order valence-electron chi connectivity index (χ3n) is 3.27. The van der Waals surface area contributed by atoms with Gasteiger partial charge in [0.05, 0.1) is 19.8 Å². The molecule has 2 rings (SSSR count). The highest BCUT2D eigenvalue weighted by Crippen LogP contribution is 2.60. The fourth-order valence-electron chi connectivity index (χ4n) is 1.99. The van der Waals surface area contributed by atoms with Crippen LogP contribution in [0.2, 0.25) is 0 Å². The molecule has 4 atom stereocenters. The summed E-state index contributed by atoms with van der Waals surface area (Å²) < 4.78 is 15.4. The standard InChI is InChI=1S/C9H13ClO4/c1-5-6(2)13-4-8(5)9(10,14-8)7(11)12-3/h5-6H,4H2,1-3H3. The quantitative estimate of drug-likeness (QED) is 0.375. The van der Waals surface area contributed by atoms with Crippen LogP contribution >= 0.6 is 11.6 Å². The molecular weight excluding hydrogens is 208 g/mol. The van der Waals surface area contributed by atoms with Gasteiger partial charge in [0, 0.05) is 5.92 Å². The van der Waals surface area contributed by atoms with Gasteiger partial charge < -0.3 is 14.2 Å². The van der Waals surface area contributed by atoms with Gasteiger partial charge in [-0.3, -0.25) is 0 Å². The number of carbonyl (C=O) groups excluding carboxylic acids is 1. The maximum atomic E-state index is 11.4. The van der Waals surface area contributed by atoms with E-state index in [0.717, 1.165) is 0 Å². The number of rotatable bonds is 1. The molecule has 0 aliphatic carbocycles. The van der Waals surface area contributed by atoms with Crippen LogP contribution in [0.1, 0.15) is 13.8 Å². The van der Waals surface area contributed by atoms with Crippen molar-refractivity contribution in [3.8, 4) is 0 Å². The molecule has 2 heterocycles. The van der Waals surface area contributed by atoms with Crippen LogP contribution < -0.4 is 0 Å². The number of esters is 1. The highest BCUT2D eigenvalue weighted by molar-refractivity contribution is 6.36. The van der Waals surface area contributed by atoms with Crippen LogP contribution in [0.25, 0.3) is 0 Å². The Morgan fingerprint density at radius 3 is 2.64 bits per heavy atom. The van der Waals surface area contributed by atoms with Crippen molar-refractivity contribution in [3.63, 3.8) is 0 Å². The third-order valence-corrected chi connectivity index (χ3v) is 3.82. The zero-order valence-electron chi connectivity index (χ0n) is 8.37. The van der Waals surface area contributed by atoms with Crippen LogP contribution in [0.5, 0.6) is 0 Å². The maximum Gasteiger partial charge on any atom is 0.357 e. The molecule has 0 amide bonds. The van der Waals surface area contributed by atoms with Crippen LogP contribution in [0.15, 0.2) is 0 Å². The number of hydrogen-bond donors (Lipinski definition) is 0. The van der Waals surface area contributed by atoms with Crippen molar-refractivity contribution < 1.29 is 19.0 Å². The SMILES string of the molecule is COC(=O)C1(Cl)OC12COC(C)C2C. The van der Waals surface area contributed by atoms with Gasteiger partial charge in [0.15, 0.2) is 5.60 Å². The molecule has 2 saturated heterocycles. The van der Waals surface area contributed by atoms with Crippen LogP contribution in [0.3, 0.4) is 0 Å². The molecule has 0 N–H and O–H groups in total. The first kappa shape index (κ1) is 10.2. The molecule has 2 fully saturated rings. The second kappa shape index (κ2) is 2.84. The zero-order valence-corrected chi connectivity index (χ0v) is 9.13. The van der Waals surface area contributed by atoms with Crippen molar-refractivity contribution in [1.82, 2.24) is 0 Å². The number of carbonyl (C=O) groups is 1. The molecule has 14 heavy (non-hydrogen) atoms. The number of epoxide rings is 1. The van der Waals surface area contributed by atoms with E-state index >= 15 is 0 Å². The molecule has 4 unspecified atom stereocenters.